The van der Waals surface area contributed by atoms with E-state index < -0.39 is 52.1 Å². The first kappa shape index (κ1) is 68.8. The van der Waals surface area contributed by atoms with E-state index in [9.17, 15) is 19.2 Å². The first-order valence-electron chi connectivity index (χ1n) is 31.9. The van der Waals surface area contributed by atoms with Gasteiger partial charge in [0.15, 0.2) is 26.4 Å². The van der Waals surface area contributed by atoms with Crippen LogP contribution in [0.3, 0.4) is 0 Å². The molecule has 1 aliphatic carbocycles. The van der Waals surface area contributed by atoms with E-state index in [0.29, 0.717) is 28.7 Å². The highest BCUT2D eigenvalue weighted by molar-refractivity contribution is 5.98. The normalized spacial score (nSPS) is 13.1. The van der Waals surface area contributed by atoms with Crippen LogP contribution in [-0.4, -0.2) is 78.6 Å². The number of anilines is 2. The Bertz CT molecular complexity index is 3870. The van der Waals surface area contributed by atoms with Crippen LogP contribution in [0.5, 0.6) is 23.0 Å². The number of ether oxygens (including phenoxy) is 7. The summed E-state index contributed by atoms with van der Waals surface area (Å²) < 4.78 is 45.1. The molecule has 0 aliphatic heterocycles. The summed E-state index contributed by atoms with van der Waals surface area (Å²) in [6.45, 7) is 39.3. The number of hydrogen-bond donors (Lipinski definition) is 2. The van der Waals surface area contributed by atoms with Crippen molar-refractivity contribution in [3.05, 3.63) is 158 Å². The number of carbonyl (C=O) groups is 4. The SMILES string of the molecule is CCCNc1ccc2cc3ccc(NC(=O)COc4c5cc(C(C)(C)C)cc4Cc4cc(C(C)(C)C)cc(c4OCC(=O)OC(C)(C)C)Cc4cc(C(C)(C)C)cc(c4OCC(=O)OC(C)(C)C)Cc4cc(C)cc(c4OCC(=O)OC(C)(C)C)C5)cc3nc2c1. The average molecular weight is 1240 g/mol. The molecule has 0 unspecified atom stereocenters. The number of nitrogens with zero attached hydrogens (tertiary/aromatic N) is 1. The van der Waals surface area contributed by atoms with Crippen molar-refractivity contribution in [3.63, 3.8) is 0 Å². The van der Waals surface area contributed by atoms with Crippen LogP contribution in [0, 0.1) is 6.92 Å². The minimum Gasteiger partial charge on any atom is -0.483 e. The van der Waals surface area contributed by atoms with E-state index in [0.717, 1.165) is 107 Å². The molecule has 0 saturated heterocycles. The second kappa shape index (κ2) is 27.0. The van der Waals surface area contributed by atoms with Gasteiger partial charge in [-0.3, -0.25) is 4.79 Å². The molecule has 486 valence electrons. The van der Waals surface area contributed by atoms with Gasteiger partial charge >= 0.3 is 17.9 Å². The van der Waals surface area contributed by atoms with Crippen molar-refractivity contribution in [2.45, 2.75) is 204 Å². The van der Waals surface area contributed by atoms with E-state index in [2.05, 4.69) is 147 Å². The van der Waals surface area contributed by atoms with E-state index in [4.69, 9.17) is 38.1 Å². The number of benzene rings is 6. The molecule has 91 heavy (non-hydrogen) atoms. The van der Waals surface area contributed by atoms with E-state index in [1.54, 1.807) is 0 Å². The maximum absolute atomic E-state index is 14.6. The van der Waals surface area contributed by atoms with Gasteiger partial charge in [-0.1, -0.05) is 135 Å². The van der Waals surface area contributed by atoms with Crippen molar-refractivity contribution in [1.82, 2.24) is 4.98 Å². The average Bonchev–Trinajstić information content (AvgIpc) is 0.967. The Labute approximate surface area is 539 Å². The van der Waals surface area contributed by atoms with Crippen molar-refractivity contribution in [3.8, 4) is 23.0 Å². The molecule has 1 aliphatic rings. The summed E-state index contributed by atoms with van der Waals surface area (Å²) in [4.78, 5) is 61.0. The first-order chi connectivity index (χ1) is 42.3. The Balaban J connectivity index is 1.37. The fourth-order valence-electron chi connectivity index (χ4n) is 11.2. The van der Waals surface area contributed by atoms with Crippen LogP contribution in [0.25, 0.3) is 21.8 Å². The van der Waals surface area contributed by atoms with Gasteiger partial charge in [-0.25, -0.2) is 19.4 Å². The van der Waals surface area contributed by atoms with E-state index in [1.807, 2.05) is 93.5 Å². The molecule has 0 atom stereocenters. The molecule has 8 bridgehead atoms. The quantitative estimate of drug-likeness (QED) is 0.0533. The molecular weight excluding hydrogens is 1140 g/mol. The van der Waals surface area contributed by atoms with E-state index >= 15 is 0 Å². The monoisotopic (exact) mass is 1240 g/mol. The Hall–Kier alpha value is -8.13. The lowest BCUT2D eigenvalue weighted by molar-refractivity contribution is -0.158. The van der Waals surface area contributed by atoms with Gasteiger partial charge in [0.1, 0.15) is 39.8 Å². The number of pyridine rings is 1. The van der Waals surface area contributed by atoms with Gasteiger partial charge in [0.2, 0.25) is 0 Å². The number of nitrogens with one attached hydrogen (secondary N) is 2. The predicted molar refractivity (Wildman–Crippen MR) is 364 cm³/mol. The maximum atomic E-state index is 14.6. The van der Waals surface area contributed by atoms with Gasteiger partial charge in [0.05, 0.1) is 11.0 Å². The highest BCUT2D eigenvalue weighted by Gasteiger charge is 2.31. The lowest BCUT2D eigenvalue weighted by Gasteiger charge is -2.29. The Morgan fingerprint density at radius 1 is 0.407 bits per heavy atom. The Kier molecular flexibility index (Phi) is 20.4. The second-order valence-corrected chi connectivity index (χ2v) is 30.4. The number of carbonyl (C=O) groups excluding carboxylic acids is 4. The first-order valence-corrected chi connectivity index (χ1v) is 31.9. The highest BCUT2D eigenvalue weighted by Crippen LogP contribution is 2.44. The zero-order valence-corrected chi connectivity index (χ0v) is 57.7. The van der Waals surface area contributed by atoms with Crippen LogP contribution >= 0.6 is 0 Å². The molecule has 6 aromatic carbocycles. The van der Waals surface area contributed by atoms with Crippen molar-refractivity contribution >= 4 is 57.0 Å². The number of aromatic nitrogens is 1. The van der Waals surface area contributed by atoms with Crippen molar-refractivity contribution < 1.29 is 52.3 Å². The topological polar surface area (TPSA) is 170 Å². The van der Waals surface area contributed by atoms with Gasteiger partial charge in [0.25, 0.3) is 5.91 Å². The molecule has 0 radical (unpaired) electrons. The summed E-state index contributed by atoms with van der Waals surface area (Å²) in [7, 11) is 0. The molecule has 14 heteroatoms. The van der Waals surface area contributed by atoms with Crippen LogP contribution in [-0.2, 0) is 75.3 Å². The molecule has 1 heterocycles. The van der Waals surface area contributed by atoms with E-state index in [1.165, 1.54) is 0 Å². The molecule has 1 amide bonds. The Morgan fingerprint density at radius 3 is 1.03 bits per heavy atom. The zero-order chi connectivity index (χ0) is 66.8. The van der Waals surface area contributed by atoms with Crippen LogP contribution in [0.1, 0.15) is 205 Å². The van der Waals surface area contributed by atoms with Gasteiger partial charge < -0.3 is 43.8 Å². The van der Waals surface area contributed by atoms with Crippen LogP contribution in [0.15, 0.2) is 91.0 Å². The predicted octanol–water partition coefficient (Wildman–Crippen LogP) is 16.3. The highest BCUT2D eigenvalue weighted by atomic mass is 16.6. The fourth-order valence-corrected chi connectivity index (χ4v) is 11.2. The largest absolute Gasteiger partial charge is 0.483 e. The van der Waals surface area contributed by atoms with Gasteiger partial charge in [-0.05, 0) is 183 Å². The number of amides is 1. The van der Waals surface area contributed by atoms with Crippen molar-refractivity contribution in [2.75, 3.05) is 43.6 Å². The summed E-state index contributed by atoms with van der Waals surface area (Å²) >= 11 is 0. The number of fused-ring (bicyclic) bond motifs is 10. The number of rotatable bonds is 16. The lowest BCUT2D eigenvalue weighted by atomic mass is 9.80. The molecule has 14 nitrogen and oxygen atoms in total. The van der Waals surface area contributed by atoms with Gasteiger partial charge in [-0.2, -0.15) is 0 Å². The van der Waals surface area contributed by atoms with Gasteiger partial charge in [0, 0.05) is 54.4 Å². The summed E-state index contributed by atoms with van der Waals surface area (Å²) in [6.07, 6.45) is 1.93. The standard InChI is InChI=1S/C77H97N3O11/c1-21-26-78-60-24-22-47-29-48-23-25-61(41-63(48)80-62(47)40-60)79-64(81)42-85-69-51-30-49-27-46(2)28-50(68(49)86-43-65(82)89-75(12,13)14)31-52-35-58(73(6,7)8)38-55(70(52)87-44-66(83)90-76(15,16)17)33-56-39-59(74(9,10)11)37-54(32-53(69)36-57(34-51)72(3,4)5)71(56)88-45-67(84)91-77(18,19)20/h22-25,27-29,34-41,78H,21,26,30-33,42-45H2,1-20H3,(H,79,81). The van der Waals surface area contributed by atoms with Crippen LogP contribution in [0.2, 0.25) is 0 Å². The number of hydrogen-bond acceptors (Lipinski definition) is 13. The molecule has 7 aromatic rings. The zero-order valence-electron chi connectivity index (χ0n) is 57.7. The van der Waals surface area contributed by atoms with Crippen LogP contribution < -0.4 is 29.6 Å². The summed E-state index contributed by atoms with van der Waals surface area (Å²) in [5, 5.41) is 8.52. The molecule has 8 rings (SSSR count). The van der Waals surface area contributed by atoms with Gasteiger partial charge in [-0.15, -0.1) is 0 Å². The van der Waals surface area contributed by atoms with E-state index in [-0.39, 0.29) is 56.8 Å². The third-order valence-electron chi connectivity index (χ3n) is 15.3. The van der Waals surface area contributed by atoms with Crippen molar-refractivity contribution in [1.29, 1.82) is 0 Å². The maximum Gasteiger partial charge on any atom is 0.344 e. The minimum atomic E-state index is -0.784. The fraction of sp³-hybridized carbons (Fsp3) is 0.468. The molecule has 0 spiro atoms. The molecule has 0 saturated carbocycles. The third kappa shape index (κ3) is 18.8. The third-order valence-corrected chi connectivity index (χ3v) is 15.3. The summed E-state index contributed by atoms with van der Waals surface area (Å²) in [6, 6.07) is 30.9. The smallest absolute Gasteiger partial charge is 0.344 e. The Morgan fingerprint density at radius 2 is 0.714 bits per heavy atom. The molecule has 1 aromatic heterocycles. The second-order valence-electron chi connectivity index (χ2n) is 30.4. The van der Waals surface area contributed by atoms with Crippen LogP contribution in [0.4, 0.5) is 11.4 Å². The molecular formula is C77H97N3O11. The number of aryl methyl sites for hydroxylation is 1. The lowest BCUT2D eigenvalue weighted by Crippen LogP contribution is -2.28. The summed E-state index contributed by atoms with van der Waals surface area (Å²) in [5.41, 5.74) is 9.64. The molecule has 0 fully saturated rings. The van der Waals surface area contributed by atoms with Crippen molar-refractivity contribution in [2.24, 2.45) is 0 Å². The molecule has 2 N–H and O–H groups in total. The minimum absolute atomic E-state index is 0.227. The summed E-state index contributed by atoms with van der Waals surface area (Å²) in [5.74, 6) is -0.0985. The number of esters is 3.